The summed E-state index contributed by atoms with van der Waals surface area (Å²) in [5.74, 6) is -1.76. The standard InChI is InChI=1S/C25H36N2O7S/c1-8-33-27(18-11-12-18)22(29)21(20(15-16-28)23(30)34-25(5,6)7)26-35(31,32)19-13-9-17(10-14-19)24(2,3)4/h9-10,13-15,18,20-21,26H,8,11-12H2,1-7H3. The molecule has 0 bridgehead atoms. The summed E-state index contributed by atoms with van der Waals surface area (Å²) in [6, 6.07) is 4.34. The summed E-state index contributed by atoms with van der Waals surface area (Å²) in [5, 5.41) is 1.09. The number of nitrogens with one attached hydrogen (secondary N) is 1. The van der Waals surface area contributed by atoms with Crippen molar-refractivity contribution in [2.75, 3.05) is 6.61 Å². The summed E-state index contributed by atoms with van der Waals surface area (Å²) in [6.45, 7) is 12.7. The number of carbonyl (C=O) groups is 2. The van der Waals surface area contributed by atoms with Gasteiger partial charge in [-0.25, -0.2) is 18.3 Å². The molecule has 2 atom stereocenters. The van der Waals surface area contributed by atoms with Gasteiger partial charge in [-0.2, -0.15) is 4.72 Å². The van der Waals surface area contributed by atoms with Gasteiger partial charge in [0.1, 0.15) is 23.5 Å². The number of ether oxygens (including phenoxy) is 1. The third-order valence-electron chi connectivity index (χ3n) is 5.23. The van der Waals surface area contributed by atoms with Crippen molar-refractivity contribution >= 4 is 27.8 Å². The van der Waals surface area contributed by atoms with Crippen LogP contribution in [-0.4, -0.2) is 55.6 Å². The zero-order valence-electron chi connectivity index (χ0n) is 21.5. The number of hydrogen-bond donors (Lipinski definition) is 1. The molecular weight excluding hydrogens is 472 g/mol. The van der Waals surface area contributed by atoms with Crippen molar-refractivity contribution in [2.45, 2.75) is 89.3 Å². The number of carbonyl (C=O) groups excluding carboxylic acids is 3. The van der Waals surface area contributed by atoms with Crippen LogP contribution in [0.4, 0.5) is 0 Å². The number of hydroxylamine groups is 2. The SMILES string of the molecule is CCON(C(=O)C(NS(=O)(=O)c1ccc(C(C)(C)C)cc1)C(C=C=O)C(=O)OC(C)(C)C)C1CC1. The smallest absolute Gasteiger partial charge is 0.316 e. The van der Waals surface area contributed by atoms with Gasteiger partial charge in [-0.15, -0.1) is 0 Å². The molecule has 0 saturated heterocycles. The van der Waals surface area contributed by atoms with E-state index in [0.717, 1.165) is 16.7 Å². The summed E-state index contributed by atoms with van der Waals surface area (Å²) in [4.78, 5) is 43.2. The summed E-state index contributed by atoms with van der Waals surface area (Å²) in [6.07, 6.45) is 2.17. The maximum absolute atomic E-state index is 13.5. The van der Waals surface area contributed by atoms with E-state index in [0.29, 0.717) is 12.8 Å². The molecule has 1 aliphatic rings. The molecule has 1 N–H and O–H groups in total. The number of amides is 1. The van der Waals surface area contributed by atoms with E-state index in [1.807, 2.05) is 20.8 Å². The molecule has 10 heteroatoms. The van der Waals surface area contributed by atoms with Gasteiger partial charge in [0.25, 0.3) is 5.91 Å². The quantitative estimate of drug-likeness (QED) is 0.293. The van der Waals surface area contributed by atoms with Crippen LogP contribution in [0.5, 0.6) is 0 Å². The lowest BCUT2D eigenvalue weighted by Gasteiger charge is -2.30. The second-order valence-corrected chi connectivity index (χ2v) is 12.2. The molecule has 2 rings (SSSR count). The summed E-state index contributed by atoms with van der Waals surface area (Å²) in [5.41, 5.74) is -0.194. The van der Waals surface area contributed by atoms with Crippen LogP contribution < -0.4 is 4.72 Å². The van der Waals surface area contributed by atoms with Crippen LogP contribution in [0, 0.1) is 5.92 Å². The molecule has 1 fully saturated rings. The molecule has 0 aromatic heterocycles. The highest BCUT2D eigenvalue weighted by atomic mass is 32.2. The van der Waals surface area contributed by atoms with Gasteiger partial charge in [0.2, 0.25) is 10.0 Å². The molecule has 2 unspecified atom stereocenters. The van der Waals surface area contributed by atoms with Gasteiger partial charge in [-0.05, 0) is 63.6 Å². The van der Waals surface area contributed by atoms with E-state index in [1.54, 1.807) is 39.8 Å². The van der Waals surface area contributed by atoms with Crippen LogP contribution in [0.15, 0.2) is 35.2 Å². The van der Waals surface area contributed by atoms with Gasteiger partial charge < -0.3 is 4.74 Å². The molecule has 0 spiro atoms. The van der Waals surface area contributed by atoms with E-state index in [1.165, 1.54) is 18.1 Å². The predicted octanol–water partition coefficient (Wildman–Crippen LogP) is 2.92. The van der Waals surface area contributed by atoms with Crippen LogP contribution in [-0.2, 0) is 39.4 Å². The van der Waals surface area contributed by atoms with Crippen molar-refractivity contribution in [2.24, 2.45) is 5.92 Å². The first-order chi connectivity index (χ1) is 16.1. The molecule has 1 saturated carbocycles. The van der Waals surface area contributed by atoms with Crippen molar-refractivity contribution < 1.29 is 32.4 Å². The molecule has 1 aromatic rings. The second-order valence-electron chi connectivity index (χ2n) is 10.5. The molecule has 1 amide bonds. The fourth-order valence-corrected chi connectivity index (χ4v) is 4.54. The third kappa shape index (κ3) is 8.00. The lowest BCUT2D eigenvalue weighted by atomic mass is 9.87. The highest BCUT2D eigenvalue weighted by Gasteiger charge is 2.44. The lowest BCUT2D eigenvalue weighted by Crippen LogP contribution is -2.54. The number of esters is 1. The Morgan fingerprint density at radius 2 is 1.71 bits per heavy atom. The highest BCUT2D eigenvalue weighted by molar-refractivity contribution is 7.89. The normalized spacial score (nSPS) is 16.1. The molecule has 0 aliphatic heterocycles. The minimum Gasteiger partial charge on any atom is -0.459 e. The monoisotopic (exact) mass is 508 g/mol. The summed E-state index contributed by atoms with van der Waals surface area (Å²) < 4.78 is 34.3. The predicted molar refractivity (Wildman–Crippen MR) is 130 cm³/mol. The van der Waals surface area contributed by atoms with Gasteiger partial charge in [0.15, 0.2) is 0 Å². The molecule has 0 heterocycles. The van der Waals surface area contributed by atoms with Gasteiger partial charge in [0.05, 0.1) is 17.5 Å². The van der Waals surface area contributed by atoms with Crippen molar-refractivity contribution in [1.29, 1.82) is 0 Å². The maximum atomic E-state index is 13.5. The molecule has 9 nitrogen and oxygen atoms in total. The van der Waals surface area contributed by atoms with Crippen molar-refractivity contribution in [3.63, 3.8) is 0 Å². The lowest BCUT2D eigenvalue weighted by molar-refractivity contribution is -0.192. The Hall–Kier alpha value is -2.52. The van der Waals surface area contributed by atoms with Crippen molar-refractivity contribution in [3.8, 4) is 0 Å². The Morgan fingerprint density at radius 3 is 2.14 bits per heavy atom. The first kappa shape index (κ1) is 28.7. The second kappa shape index (κ2) is 11.0. The van der Waals surface area contributed by atoms with E-state index in [-0.39, 0.29) is 23.0 Å². The first-order valence-electron chi connectivity index (χ1n) is 11.6. The molecule has 194 valence electrons. The highest BCUT2D eigenvalue weighted by Crippen LogP contribution is 2.30. The van der Waals surface area contributed by atoms with Gasteiger partial charge >= 0.3 is 5.97 Å². The minimum absolute atomic E-state index is 0.0873. The molecule has 1 aromatic carbocycles. The van der Waals surface area contributed by atoms with E-state index in [2.05, 4.69) is 4.72 Å². The topological polar surface area (TPSA) is 119 Å². The van der Waals surface area contributed by atoms with E-state index >= 15 is 0 Å². The van der Waals surface area contributed by atoms with Gasteiger partial charge in [-0.3, -0.25) is 14.4 Å². The number of rotatable bonds is 10. The first-order valence-corrected chi connectivity index (χ1v) is 13.1. The van der Waals surface area contributed by atoms with E-state index in [4.69, 9.17) is 9.57 Å². The third-order valence-corrected chi connectivity index (χ3v) is 6.69. The van der Waals surface area contributed by atoms with E-state index in [9.17, 15) is 22.8 Å². The molecule has 1 aliphatic carbocycles. The fourth-order valence-electron chi connectivity index (χ4n) is 3.32. The molecule has 35 heavy (non-hydrogen) atoms. The number of sulfonamides is 1. The Labute approximate surface area is 207 Å². The zero-order valence-corrected chi connectivity index (χ0v) is 22.3. The minimum atomic E-state index is -4.27. The van der Waals surface area contributed by atoms with Crippen molar-refractivity contribution in [1.82, 2.24) is 9.79 Å². The average molecular weight is 509 g/mol. The Kier molecular flexibility index (Phi) is 9.05. The number of nitrogens with zero attached hydrogens (tertiary/aromatic N) is 1. The van der Waals surface area contributed by atoms with E-state index < -0.39 is 39.5 Å². The van der Waals surface area contributed by atoms with Crippen LogP contribution in [0.3, 0.4) is 0 Å². The Bertz CT molecular complexity index is 1060. The van der Waals surface area contributed by atoms with Crippen LogP contribution >= 0.6 is 0 Å². The average Bonchev–Trinajstić information content (AvgIpc) is 3.57. The van der Waals surface area contributed by atoms with Crippen LogP contribution in [0.25, 0.3) is 0 Å². The number of hydrogen-bond acceptors (Lipinski definition) is 7. The van der Waals surface area contributed by atoms with Crippen LogP contribution in [0.1, 0.15) is 66.9 Å². The van der Waals surface area contributed by atoms with Crippen LogP contribution in [0.2, 0.25) is 0 Å². The number of benzene rings is 1. The van der Waals surface area contributed by atoms with Crippen molar-refractivity contribution in [3.05, 3.63) is 35.9 Å². The largest absolute Gasteiger partial charge is 0.459 e. The molecular formula is C25H36N2O7S. The summed E-state index contributed by atoms with van der Waals surface area (Å²) >= 11 is 0. The molecule has 0 radical (unpaired) electrons. The van der Waals surface area contributed by atoms with Gasteiger partial charge in [-0.1, -0.05) is 32.9 Å². The van der Waals surface area contributed by atoms with Gasteiger partial charge in [0, 0.05) is 6.08 Å². The zero-order chi connectivity index (χ0) is 26.6. The Morgan fingerprint density at radius 1 is 1.14 bits per heavy atom. The summed E-state index contributed by atoms with van der Waals surface area (Å²) in [7, 11) is -4.27. The fraction of sp³-hybridized carbons (Fsp3) is 0.600. The maximum Gasteiger partial charge on any atom is 0.316 e. The Balaban J connectivity index is 2.50.